The number of carbonyl (C=O) groups excluding carboxylic acids is 3. The standard InChI is InChI=1S/C24H33N5O3/c1-26(2)23(31)17-29-10-9-19-16-20(7-8-21(19)29)25-24(32)28-13-11-27(12-14-28)22(30)15-18-5-3-4-6-18/h7-10,16,18H,3-6,11-15,17H2,1-2H3,(H,25,32). The molecule has 2 heterocycles. The highest BCUT2D eigenvalue weighted by atomic mass is 16.2. The lowest BCUT2D eigenvalue weighted by Crippen LogP contribution is -2.51. The maximum atomic E-state index is 12.7. The van der Waals surface area contributed by atoms with Crippen molar-refractivity contribution in [1.29, 1.82) is 0 Å². The van der Waals surface area contributed by atoms with Crippen molar-refractivity contribution < 1.29 is 14.4 Å². The second-order valence-corrected chi connectivity index (χ2v) is 9.16. The maximum Gasteiger partial charge on any atom is 0.321 e. The molecule has 0 atom stereocenters. The first-order valence-corrected chi connectivity index (χ1v) is 11.5. The molecular formula is C24H33N5O3. The number of hydrogen-bond acceptors (Lipinski definition) is 3. The smallest absolute Gasteiger partial charge is 0.321 e. The average molecular weight is 440 g/mol. The third-order valence-corrected chi connectivity index (χ3v) is 6.68. The molecule has 1 aliphatic heterocycles. The Kier molecular flexibility index (Phi) is 6.67. The summed E-state index contributed by atoms with van der Waals surface area (Å²) in [5.41, 5.74) is 1.67. The van der Waals surface area contributed by atoms with E-state index in [0.717, 1.165) is 16.6 Å². The Morgan fingerprint density at radius 3 is 2.38 bits per heavy atom. The highest BCUT2D eigenvalue weighted by Gasteiger charge is 2.27. The molecule has 0 spiro atoms. The Bertz CT molecular complexity index is 985. The monoisotopic (exact) mass is 439 g/mol. The van der Waals surface area contributed by atoms with Gasteiger partial charge in [0.05, 0.1) is 0 Å². The average Bonchev–Trinajstić information content (AvgIpc) is 3.43. The highest BCUT2D eigenvalue weighted by molar-refractivity contribution is 5.93. The minimum absolute atomic E-state index is 0.0285. The van der Waals surface area contributed by atoms with Gasteiger partial charge < -0.3 is 24.6 Å². The van der Waals surface area contributed by atoms with Gasteiger partial charge in [-0.3, -0.25) is 9.59 Å². The van der Waals surface area contributed by atoms with Crippen molar-refractivity contribution in [1.82, 2.24) is 19.3 Å². The molecular weight excluding hydrogens is 406 g/mol. The summed E-state index contributed by atoms with van der Waals surface area (Å²) in [6.45, 7) is 2.58. The third-order valence-electron chi connectivity index (χ3n) is 6.68. The topological polar surface area (TPSA) is 77.9 Å². The fourth-order valence-electron chi connectivity index (χ4n) is 4.65. The Labute approximate surface area is 189 Å². The number of nitrogens with zero attached hydrogens (tertiary/aromatic N) is 4. The summed E-state index contributed by atoms with van der Waals surface area (Å²) < 4.78 is 1.91. The summed E-state index contributed by atoms with van der Waals surface area (Å²) in [7, 11) is 3.49. The van der Waals surface area contributed by atoms with Crippen molar-refractivity contribution in [3.8, 4) is 0 Å². The molecule has 32 heavy (non-hydrogen) atoms. The number of hydrogen-bond donors (Lipinski definition) is 1. The van der Waals surface area contributed by atoms with Crippen LogP contribution in [-0.4, -0.2) is 77.4 Å². The Balaban J connectivity index is 1.30. The van der Waals surface area contributed by atoms with Crippen molar-refractivity contribution >= 4 is 34.4 Å². The van der Waals surface area contributed by atoms with Gasteiger partial charge in [0.2, 0.25) is 11.8 Å². The number of urea groups is 1. The third kappa shape index (κ3) is 5.06. The Hall–Kier alpha value is -3.03. The largest absolute Gasteiger partial charge is 0.347 e. The number of rotatable bonds is 5. The zero-order valence-corrected chi connectivity index (χ0v) is 19.0. The lowest BCUT2D eigenvalue weighted by atomic mass is 10.0. The minimum Gasteiger partial charge on any atom is -0.347 e. The Morgan fingerprint density at radius 1 is 1.00 bits per heavy atom. The van der Waals surface area contributed by atoms with Gasteiger partial charge in [0.25, 0.3) is 0 Å². The number of likely N-dealkylation sites (N-methyl/N-ethyl adjacent to an activating group) is 1. The van der Waals surface area contributed by atoms with Gasteiger partial charge in [0.15, 0.2) is 0 Å². The van der Waals surface area contributed by atoms with Gasteiger partial charge in [-0.15, -0.1) is 0 Å². The summed E-state index contributed by atoms with van der Waals surface area (Å²) in [5, 5.41) is 3.94. The molecule has 1 saturated carbocycles. The molecule has 8 nitrogen and oxygen atoms in total. The van der Waals surface area contributed by atoms with Crippen LogP contribution in [-0.2, 0) is 16.1 Å². The number of carbonyl (C=O) groups is 3. The molecule has 2 fully saturated rings. The van der Waals surface area contributed by atoms with Crippen LogP contribution >= 0.6 is 0 Å². The predicted octanol–water partition coefficient (Wildman–Crippen LogP) is 2.99. The molecule has 1 aromatic carbocycles. The van der Waals surface area contributed by atoms with Crippen LogP contribution in [0.15, 0.2) is 30.5 Å². The van der Waals surface area contributed by atoms with Gasteiger partial charge in [-0.05, 0) is 43.0 Å². The second kappa shape index (κ2) is 9.63. The van der Waals surface area contributed by atoms with Crippen molar-refractivity contribution in [2.75, 3.05) is 45.6 Å². The lowest BCUT2D eigenvalue weighted by Gasteiger charge is -2.35. The van der Waals surface area contributed by atoms with Crippen LogP contribution in [0.25, 0.3) is 10.9 Å². The van der Waals surface area contributed by atoms with E-state index in [1.807, 2.05) is 39.9 Å². The number of benzene rings is 1. The number of nitrogens with one attached hydrogen (secondary N) is 1. The normalized spacial score (nSPS) is 17.1. The van der Waals surface area contributed by atoms with Gasteiger partial charge in [-0.2, -0.15) is 0 Å². The molecule has 172 valence electrons. The molecule has 8 heteroatoms. The first-order valence-electron chi connectivity index (χ1n) is 11.5. The van der Waals surface area contributed by atoms with E-state index in [0.29, 0.717) is 38.5 Å². The van der Waals surface area contributed by atoms with Crippen LogP contribution in [0.1, 0.15) is 32.1 Å². The maximum absolute atomic E-state index is 12.7. The van der Waals surface area contributed by atoms with Crippen molar-refractivity contribution in [3.05, 3.63) is 30.5 Å². The zero-order valence-electron chi connectivity index (χ0n) is 19.0. The van der Waals surface area contributed by atoms with Gasteiger partial charge in [0.1, 0.15) is 6.54 Å². The van der Waals surface area contributed by atoms with Crippen molar-refractivity contribution in [2.24, 2.45) is 5.92 Å². The summed E-state index contributed by atoms with van der Waals surface area (Å²) in [4.78, 5) is 42.5. The molecule has 0 radical (unpaired) electrons. The highest BCUT2D eigenvalue weighted by Crippen LogP contribution is 2.28. The van der Waals surface area contributed by atoms with Crippen LogP contribution in [0.3, 0.4) is 0 Å². The fraction of sp³-hybridized carbons (Fsp3) is 0.542. The van der Waals surface area contributed by atoms with E-state index < -0.39 is 0 Å². The van der Waals surface area contributed by atoms with E-state index >= 15 is 0 Å². The van der Waals surface area contributed by atoms with E-state index in [1.165, 1.54) is 25.7 Å². The van der Waals surface area contributed by atoms with Crippen molar-refractivity contribution in [2.45, 2.75) is 38.6 Å². The van der Waals surface area contributed by atoms with E-state index in [9.17, 15) is 14.4 Å². The molecule has 2 aromatic rings. The van der Waals surface area contributed by atoms with Crippen molar-refractivity contribution in [3.63, 3.8) is 0 Å². The van der Waals surface area contributed by atoms with E-state index in [4.69, 9.17) is 0 Å². The quantitative estimate of drug-likeness (QED) is 0.778. The summed E-state index contributed by atoms with van der Waals surface area (Å²) in [6, 6.07) is 7.51. The van der Waals surface area contributed by atoms with Crippen LogP contribution < -0.4 is 5.32 Å². The summed E-state index contributed by atoms with van der Waals surface area (Å²) in [6.07, 6.45) is 7.39. The molecule has 4 amide bonds. The molecule has 4 rings (SSSR count). The molecule has 0 unspecified atom stereocenters. The number of fused-ring (bicyclic) bond motifs is 1. The summed E-state index contributed by atoms with van der Waals surface area (Å²) >= 11 is 0. The minimum atomic E-state index is -0.144. The van der Waals surface area contributed by atoms with Crippen LogP contribution in [0.2, 0.25) is 0 Å². The number of piperazine rings is 1. The molecule has 1 N–H and O–H groups in total. The van der Waals surface area contributed by atoms with Gasteiger partial charge in [-0.25, -0.2) is 4.79 Å². The number of anilines is 1. The molecule has 1 aliphatic carbocycles. The first kappa shape index (κ1) is 22.2. The van der Waals surface area contributed by atoms with Gasteiger partial charge in [0, 0.05) is 69.5 Å². The summed E-state index contributed by atoms with van der Waals surface area (Å²) in [5.74, 6) is 0.815. The van der Waals surface area contributed by atoms with E-state index in [-0.39, 0.29) is 24.4 Å². The number of amides is 4. The van der Waals surface area contributed by atoms with Gasteiger partial charge >= 0.3 is 6.03 Å². The molecule has 1 saturated heterocycles. The van der Waals surface area contributed by atoms with E-state index in [1.54, 1.807) is 23.9 Å². The van der Waals surface area contributed by atoms with Crippen LogP contribution in [0, 0.1) is 5.92 Å². The second-order valence-electron chi connectivity index (χ2n) is 9.16. The first-order chi connectivity index (χ1) is 15.4. The predicted molar refractivity (Wildman–Crippen MR) is 124 cm³/mol. The fourth-order valence-corrected chi connectivity index (χ4v) is 4.65. The molecule has 0 bridgehead atoms. The zero-order chi connectivity index (χ0) is 22.7. The van der Waals surface area contributed by atoms with Crippen LogP contribution in [0.4, 0.5) is 10.5 Å². The SMILES string of the molecule is CN(C)C(=O)Cn1ccc2cc(NC(=O)N3CCN(C(=O)CC4CCCC4)CC3)ccc21. The number of aromatic nitrogens is 1. The van der Waals surface area contributed by atoms with E-state index in [2.05, 4.69) is 5.32 Å². The molecule has 2 aliphatic rings. The lowest BCUT2D eigenvalue weighted by molar-refractivity contribution is -0.133. The Morgan fingerprint density at radius 2 is 1.69 bits per heavy atom. The van der Waals surface area contributed by atoms with Gasteiger partial charge in [-0.1, -0.05) is 12.8 Å². The molecule has 1 aromatic heterocycles. The van der Waals surface area contributed by atoms with Crippen LogP contribution in [0.5, 0.6) is 0 Å².